The van der Waals surface area contributed by atoms with Gasteiger partial charge >= 0.3 is 0 Å². The number of amides is 1. The van der Waals surface area contributed by atoms with E-state index in [1.807, 2.05) is 6.92 Å². The molecule has 0 bridgehead atoms. The van der Waals surface area contributed by atoms with Crippen molar-refractivity contribution in [3.8, 4) is 5.75 Å². The van der Waals surface area contributed by atoms with Crippen LogP contribution < -0.4 is 9.64 Å². The molecule has 2 aromatic carbocycles. The van der Waals surface area contributed by atoms with Gasteiger partial charge in [0.05, 0.1) is 18.4 Å². The SMILES string of the molecule is Cc1ccc(N2C(=O)C(=O)/C(=C(\O)c3ccc(OCC(C)C)cc3)C2c2ccco2)cc1Cl. The number of carbonyl (C=O) groups is 2. The van der Waals surface area contributed by atoms with E-state index in [0.29, 0.717) is 40.3 Å². The number of anilines is 1. The first-order chi connectivity index (χ1) is 15.8. The van der Waals surface area contributed by atoms with E-state index >= 15 is 0 Å². The number of nitrogens with zero attached hydrogens (tertiary/aromatic N) is 1. The van der Waals surface area contributed by atoms with Crippen LogP contribution in [-0.4, -0.2) is 23.4 Å². The van der Waals surface area contributed by atoms with Gasteiger partial charge in [-0.15, -0.1) is 0 Å². The summed E-state index contributed by atoms with van der Waals surface area (Å²) in [5.74, 6) is -0.481. The Morgan fingerprint density at radius 3 is 2.48 bits per heavy atom. The van der Waals surface area contributed by atoms with Gasteiger partial charge in [-0.2, -0.15) is 0 Å². The van der Waals surface area contributed by atoms with Gasteiger partial charge in [0.2, 0.25) is 0 Å². The Bertz CT molecular complexity index is 1210. The Balaban J connectivity index is 1.79. The maximum Gasteiger partial charge on any atom is 0.300 e. The first-order valence-electron chi connectivity index (χ1n) is 10.6. The zero-order valence-electron chi connectivity index (χ0n) is 18.5. The van der Waals surface area contributed by atoms with Crippen molar-refractivity contribution in [1.29, 1.82) is 0 Å². The number of carbonyl (C=O) groups excluding carboxylic acids is 2. The highest BCUT2D eigenvalue weighted by molar-refractivity contribution is 6.51. The number of hydrogen-bond acceptors (Lipinski definition) is 5. The summed E-state index contributed by atoms with van der Waals surface area (Å²) in [5, 5.41) is 11.6. The number of aliphatic hydroxyl groups is 1. The highest BCUT2D eigenvalue weighted by Gasteiger charge is 2.48. The molecule has 1 aliphatic rings. The standard InChI is InChI=1S/C26H24ClNO5/c1-15(2)14-33-19-10-7-17(8-11-19)24(29)22-23(21-5-4-12-32-21)28(26(31)25(22)30)18-9-6-16(3)20(27)13-18/h4-13,15,23,29H,14H2,1-3H3/b24-22-. The zero-order chi connectivity index (χ0) is 23.7. The third kappa shape index (κ3) is 4.39. The van der Waals surface area contributed by atoms with Crippen LogP contribution in [0.2, 0.25) is 5.02 Å². The lowest BCUT2D eigenvalue weighted by Crippen LogP contribution is -2.29. The molecule has 1 saturated heterocycles. The summed E-state index contributed by atoms with van der Waals surface area (Å²) in [6.07, 6.45) is 1.46. The molecule has 7 heteroatoms. The van der Waals surface area contributed by atoms with Gasteiger partial charge in [-0.25, -0.2) is 0 Å². The van der Waals surface area contributed by atoms with Crippen molar-refractivity contribution >= 4 is 34.7 Å². The molecule has 1 amide bonds. The van der Waals surface area contributed by atoms with Gasteiger partial charge in [0, 0.05) is 16.3 Å². The number of Topliss-reactive ketones (excluding diaryl/α,β-unsaturated/α-hetero) is 1. The molecule has 33 heavy (non-hydrogen) atoms. The van der Waals surface area contributed by atoms with Gasteiger partial charge in [0.1, 0.15) is 23.3 Å². The van der Waals surface area contributed by atoms with E-state index in [9.17, 15) is 14.7 Å². The Morgan fingerprint density at radius 2 is 1.88 bits per heavy atom. The van der Waals surface area contributed by atoms with Crippen molar-refractivity contribution in [2.24, 2.45) is 5.92 Å². The fourth-order valence-corrected chi connectivity index (χ4v) is 3.85. The Morgan fingerprint density at radius 1 is 1.15 bits per heavy atom. The van der Waals surface area contributed by atoms with Gasteiger partial charge in [-0.3, -0.25) is 14.5 Å². The van der Waals surface area contributed by atoms with E-state index in [0.717, 1.165) is 5.56 Å². The predicted molar refractivity (Wildman–Crippen MR) is 126 cm³/mol. The summed E-state index contributed by atoms with van der Waals surface area (Å²) in [6.45, 7) is 6.51. The fourth-order valence-electron chi connectivity index (χ4n) is 3.67. The van der Waals surface area contributed by atoms with Gasteiger partial charge < -0.3 is 14.3 Å². The van der Waals surface area contributed by atoms with Crippen LogP contribution in [0.4, 0.5) is 5.69 Å². The average molecular weight is 466 g/mol. The lowest BCUT2D eigenvalue weighted by atomic mass is 9.99. The Kier molecular flexibility index (Phi) is 6.29. The summed E-state index contributed by atoms with van der Waals surface area (Å²) in [4.78, 5) is 27.5. The molecule has 1 N–H and O–H groups in total. The third-order valence-electron chi connectivity index (χ3n) is 5.40. The minimum atomic E-state index is -0.935. The molecule has 0 spiro atoms. The van der Waals surface area contributed by atoms with Crippen molar-refractivity contribution in [2.45, 2.75) is 26.8 Å². The second-order valence-electron chi connectivity index (χ2n) is 8.35. The average Bonchev–Trinajstić information content (AvgIpc) is 3.41. The molecular weight excluding hydrogens is 442 g/mol. The molecular formula is C26H24ClNO5. The molecule has 0 aliphatic carbocycles. The number of hydrogen-bond donors (Lipinski definition) is 1. The molecule has 1 unspecified atom stereocenters. The first kappa shape index (κ1) is 22.7. The molecule has 4 rings (SSSR count). The van der Waals surface area contributed by atoms with Crippen LogP contribution in [0, 0.1) is 12.8 Å². The molecule has 1 atom stereocenters. The van der Waals surface area contributed by atoms with E-state index < -0.39 is 17.7 Å². The molecule has 0 saturated carbocycles. The summed E-state index contributed by atoms with van der Waals surface area (Å²) in [7, 11) is 0. The van der Waals surface area contributed by atoms with Crippen molar-refractivity contribution in [3.05, 3.63) is 88.3 Å². The minimum absolute atomic E-state index is 0.0532. The quantitative estimate of drug-likeness (QED) is 0.278. The third-order valence-corrected chi connectivity index (χ3v) is 5.81. The van der Waals surface area contributed by atoms with Gasteiger partial charge in [0.25, 0.3) is 11.7 Å². The number of halogens is 1. The Labute approximate surface area is 197 Å². The largest absolute Gasteiger partial charge is 0.507 e. The van der Waals surface area contributed by atoms with Gasteiger partial charge in [-0.1, -0.05) is 31.5 Å². The van der Waals surface area contributed by atoms with Gasteiger partial charge in [-0.05, 0) is 66.9 Å². The monoisotopic (exact) mass is 465 g/mol. The number of benzene rings is 2. The van der Waals surface area contributed by atoms with E-state index in [1.165, 1.54) is 11.2 Å². The normalized spacial score (nSPS) is 17.7. The van der Waals surface area contributed by atoms with Crippen molar-refractivity contribution in [1.82, 2.24) is 0 Å². The van der Waals surface area contributed by atoms with Crippen LogP contribution in [0.15, 0.2) is 70.9 Å². The number of ether oxygens (including phenoxy) is 1. The first-order valence-corrected chi connectivity index (χ1v) is 11.0. The molecule has 170 valence electrons. The lowest BCUT2D eigenvalue weighted by molar-refractivity contribution is -0.132. The van der Waals surface area contributed by atoms with Crippen molar-refractivity contribution in [2.75, 3.05) is 11.5 Å². The van der Waals surface area contributed by atoms with Crippen LogP contribution in [0.5, 0.6) is 5.75 Å². The van der Waals surface area contributed by atoms with Crippen LogP contribution >= 0.6 is 11.6 Å². The maximum atomic E-state index is 13.1. The highest BCUT2D eigenvalue weighted by Crippen LogP contribution is 2.43. The lowest BCUT2D eigenvalue weighted by Gasteiger charge is -2.23. The molecule has 1 aromatic heterocycles. The number of rotatable bonds is 6. The predicted octanol–water partition coefficient (Wildman–Crippen LogP) is 5.90. The maximum absolute atomic E-state index is 13.1. The molecule has 1 aliphatic heterocycles. The second-order valence-corrected chi connectivity index (χ2v) is 8.75. The van der Waals surface area contributed by atoms with Crippen LogP contribution in [-0.2, 0) is 9.59 Å². The number of aliphatic hydroxyl groups excluding tert-OH is 1. The molecule has 6 nitrogen and oxygen atoms in total. The summed E-state index contributed by atoms with van der Waals surface area (Å²) < 4.78 is 11.3. The number of furan rings is 1. The zero-order valence-corrected chi connectivity index (χ0v) is 19.3. The van der Waals surface area contributed by atoms with E-state index in [1.54, 1.807) is 54.6 Å². The van der Waals surface area contributed by atoms with Gasteiger partial charge in [0.15, 0.2) is 0 Å². The summed E-state index contributed by atoms with van der Waals surface area (Å²) in [5.41, 5.74) is 1.61. The highest BCUT2D eigenvalue weighted by atomic mass is 35.5. The van der Waals surface area contributed by atoms with Crippen molar-refractivity contribution in [3.63, 3.8) is 0 Å². The van der Waals surface area contributed by atoms with Crippen LogP contribution in [0.1, 0.15) is 36.8 Å². The molecule has 2 heterocycles. The fraction of sp³-hybridized carbons (Fsp3) is 0.231. The van der Waals surface area contributed by atoms with Crippen molar-refractivity contribution < 1.29 is 23.8 Å². The minimum Gasteiger partial charge on any atom is -0.507 e. The van der Waals surface area contributed by atoms with E-state index in [2.05, 4.69) is 13.8 Å². The summed E-state index contributed by atoms with van der Waals surface area (Å²) in [6, 6.07) is 14.2. The summed E-state index contributed by atoms with van der Waals surface area (Å²) >= 11 is 6.28. The number of ketones is 1. The Hall–Kier alpha value is -3.51. The molecule has 1 fully saturated rings. The second kappa shape index (κ2) is 9.16. The van der Waals surface area contributed by atoms with E-state index in [4.69, 9.17) is 20.8 Å². The molecule has 0 radical (unpaired) electrons. The van der Waals surface area contributed by atoms with Crippen LogP contribution in [0.25, 0.3) is 5.76 Å². The topological polar surface area (TPSA) is 80.0 Å². The molecule has 3 aromatic rings. The number of aryl methyl sites for hydroxylation is 1. The van der Waals surface area contributed by atoms with Crippen LogP contribution in [0.3, 0.4) is 0 Å². The van der Waals surface area contributed by atoms with E-state index in [-0.39, 0.29) is 11.3 Å². The smallest absolute Gasteiger partial charge is 0.300 e.